The Morgan fingerprint density at radius 1 is 0.920 bits per heavy atom. The molecule has 0 saturated heterocycles. The lowest BCUT2D eigenvalue weighted by Gasteiger charge is -2.08. The van der Waals surface area contributed by atoms with Gasteiger partial charge < -0.3 is 15.4 Å². The molecule has 5 heteroatoms. The van der Waals surface area contributed by atoms with E-state index in [9.17, 15) is 9.59 Å². The largest absolute Gasteiger partial charge is 0.497 e. The number of hydrogen-bond acceptors (Lipinski definition) is 3. The van der Waals surface area contributed by atoms with Gasteiger partial charge in [-0.15, -0.1) is 0 Å². The highest BCUT2D eigenvalue weighted by Gasteiger charge is 2.09. The third-order valence-electron chi connectivity index (χ3n) is 3.79. The van der Waals surface area contributed by atoms with Crippen molar-refractivity contribution in [2.24, 2.45) is 0 Å². The van der Waals surface area contributed by atoms with Crippen molar-refractivity contribution in [2.75, 3.05) is 19.0 Å². The van der Waals surface area contributed by atoms with Crippen LogP contribution in [0.1, 0.15) is 10.4 Å². The molecule has 0 aliphatic carbocycles. The third kappa shape index (κ3) is 4.14. The SMILES string of the molecule is COc1ccc(NC(=O)CNC(=O)c2ccc3ccccc3c2)cc1. The molecule has 0 spiro atoms. The van der Waals surface area contributed by atoms with Crippen molar-refractivity contribution in [1.29, 1.82) is 0 Å². The Hall–Kier alpha value is -3.34. The molecular weight excluding hydrogens is 316 g/mol. The van der Waals surface area contributed by atoms with E-state index in [1.54, 1.807) is 37.4 Å². The number of anilines is 1. The fraction of sp³-hybridized carbons (Fsp3) is 0.100. The summed E-state index contributed by atoms with van der Waals surface area (Å²) in [7, 11) is 1.58. The average molecular weight is 334 g/mol. The quantitative estimate of drug-likeness (QED) is 0.753. The maximum Gasteiger partial charge on any atom is 0.251 e. The van der Waals surface area contributed by atoms with E-state index < -0.39 is 0 Å². The maximum atomic E-state index is 12.2. The van der Waals surface area contributed by atoms with E-state index in [0.717, 1.165) is 10.8 Å². The summed E-state index contributed by atoms with van der Waals surface area (Å²) >= 11 is 0. The van der Waals surface area contributed by atoms with E-state index in [0.29, 0.717) is 17.0 Å². The molecule has 0 aliphatic heterocycles. The van der Waals surface area contributed by atoms with Crippen LogP contribution in [-0.2, 0) is 4.79 Å². The van der Waals surface area contributed by atoms with E-state index in [1.807, 2.05) is 36.4 Å². The second kappa shape index (κ2) is 7.49. The predicted octanol–water partition coefficient (Wildman–Crippen LogP) is 3.22. The van der Waals surface area contributed by atoms with Gasteiger partial charge in [-0.25, -0.2) is 0 Å². The van der Waals surface area contributed by atoms with Crippen molar-refractivity contribution in [3.63, 3.8) is 0 Å². The van der Waals surface area contributed by atoms with Crippen molar-refractivity contribution in [2.45, 2.75) is 0 Å². The Morgan fingerprint density at radius 3 is 2.36 bits per heavy atom. The zero-order chi connectivity index (χ0) is 17.6. The number of hydrogen-bond donors (Lipinski definition) is 2. The number of fused-ring (bicyclic) bond motifs is 1. The summed E-state index contributed by atoms with van der Waals surface area (Å²) in [4.78, 5) is 24.2. The van der Waals surface area contributed by atoms with Gasteiger partial charge in [-0.3, -0.25) is 9.59 Å². The first-order valence-corrected chi connectivity index (χ1v) is 7.86. The summed E-state index contributed by atoms with van der Waals surface area (Å²) in [6, 6.07) is 20.2. The molecule has 0 saturated carbocycles. The van der Waals surface area contributed by atoms with Crippen LogP contribution in [0.2, 0.25) is 0 Å². The van der Waals surface area contributed by atoms with Gasteiger partial charge in [-0.05, 0) is 47.2 Å². The first-order valence-electron chi connectivity index (χ1n) is 7.86. The van der Waals surface area contributed by atoms with Crippen LogP contribution in [0.15, 0.2) is 66.7 Å². The molecule has 0 aromatic heterocycles. The molecule has 0 radical (unpaired) electrons. The van der Waals surface area contributed by atoms with Crippen LogP contribution in [0.3, 0.4) is 0 Å². The second-order valence-corrected chi connectivity index (χ2v) is 5.52. The van der Waals surface area contributed by atoms with Gasteiger partial charge in [0.2, 0.25) is 5.91 Å². The van der Waals surface area contributed by atoms with Gasteiger partial charge >= 0.3 is 0 Å². The van der Waals surface area contributed by atoms with Crippen molar-refractivity contribution >= 4 is 28.3 Å². The average Bonchev–Trinajstić information content (AvgIpc) is 2.66. The van der Waals surface area contributed by atoms with E-state index in [2.05, 4.69) is 10.6 Å². The molecule has 3 aromatic carbocycles. The van der Waals surface area contributed by atoms with Crippen LogP contribution in [0.4, 0.5) is 5.69 Å². The minimum absolute atomic E-state index is 0.0995. The van der Waals surface area contributed by atoms with E-state index in [4.69, 9.17) is 4.74 Å². The van der Waals surface area contributed by atoms with Gasteiger partial charge in [-0.1, -0.05) is 30.3 Å². The van der Waals surface area contributed by atoms with E-state index >= 15 is 0 Å². The van der Waals surface area contributed by atoms with Crippen molar-refractivity contribution in [1.82, 2.24) is 5.32 Å². The lowest BCUT2D eigenvalue weighted by atomic mass is 10.1. The first kappa shape index (κ1) is 16.5. The van der Waals surface area contributed by atoms with Crippen LogP contribution in [-0.4, -0.2) is 25.5 Å². The summed E-state index contributed by atoms with van der Waals surface area (Å²) in [5, 5.41) is 7.40. The maximum absolute atomic E-state index is 12.2. The lowest BCUT2D eigenvalue weighted by molar-refractivity contribution is -0.115. The van der Waals surface area contributed by atoms with Gasteiger partial charge in [0.1, 0.15) is 5.75 Å². The molecule has 0 fully saturated rings. The van der Waals surface area contributed by atoms with Gasteiger partial charge in [0.15, 0.2) is 0 Å². The highest BCUT2D eigenvalue weighted by atomic mass is 16.5. The molecule has 0 bridgehead atoms. The monoisotopic (exact) mass is 334 g/mol. The number of amides is 2. The number of methoxy groups -OCH3 is 1. The van der Waals surface area contributed by atoms with E-state index in [-0.39, 0.29) is 18.4 Å². The summed E-state index contributed by atoms with van der Waals surface area (Å²) in [6.07, 6.45) is 0. The summed E-state index contributed by atoms with van der Waals surface area (Å²) in [5.41, 5.74) is 1.17. The zero-order valence-corrected chi connectivity index (χ0v) is 13.8. The van der Waals surface area contributed by atoms with Gasteiger partial charge in [0.25, 0.3) is 5.91 Å². The molecular formula is C20H18N2O3. The van der Waals surface area contributed by atoms with Crippen molar-refractivity contribution < 1.29 is 14.3 Å². The summed E-state index contributed by atoms with van der Waals surface area (Å²) in [5.74, 6) is 0.137. The van der Waals surface area contributed by atoms with Crippen LogP contribution >= 0.6 is 0 Å². The molecule has 5 nitrogen and oxygen atoms in total. The molecule has 126 valence electrons. The number of carbonyl (C=O) groups excluding carboxylic acids is 2. The van der Waals surface area contributed by atoms with Crippen LogP contribution < -0.4 is 15.4 Å². The standard InChI is InChI=1S/C20H18N2O3/c1-25-18-10-8-17(9-11-18)22-19(23)13-21-20(24)16-7-6-14-4-2-3-5-15(14)12-16/h2-12H,13H2,1H3,(H,21,24)(H,22,23). The Kier molecular flexibility index (Phi) is 4.95. The molecule has 2 amide bonds. The van der Waals surface area contributed by atoms with Gasteiger partial charge in [-0.2, -0.15) is 0 Å². The Balaban J connectivity index is 1.57. The lowest BCUT2D eigenvalue weighted by Crippen LogP contribution is -2.32. The fourth-order valence-corrected chi connectivity index (χ4v) is 2.47. The molecule has 3 aromatic rings. The number of rotatable bonds is 5. The van der Waals surface area contributed by atoms with E-state index in [1.165, 1.54) is 0 Å². The van der Waals surface area contributed by atoms with Crippen molar-refractivity contribution in [3.05, 3.63) is 72.3 Å². The second-order valence-electron chi connectivity index (χ2n) is 5.52. The summed E-state index contributed by atoms with van der Waals surface area (Å²) in [6.45, 7) is -0.0995. The topological polar surface area (TPSA) is 67.4 Å². The smallest absolute Gasteiger partial charge is 0.251 e. The number of carbonyl (C=O) groups is 2. The molecule has 0 unspecified atom stereocenters. The molecule has 0 aliphatic rings. The van der Waals surface area contributed by atoms with Gasteiger partial charge in [0.05, 0.1) is 13.7 Å². The zero-order valence-electron chi connectivity index (χ0n) is 13.8. The molecule has 2 N–H and O–H groups in total. The summed E-state index contributed by atoms with van der Waals surface area (Å²) < 4.78 is 5.06. The Labute approximate surface area is 145 Å². The minimum Gasteiger partial charge on any atom is -0.497 e. The molecule has 0 heterocycles. The number of nitrogens with one attached hydrogen (secondary N) is 2. The first-order chi connectivity index (χ1) is 12.2. The fourth-order valence-electron chi connectivity index (χ4n) is 2.47. The molecule has 0 atom stereocenters. The van der Waals surface area contributed by atoms with Crippen LogP contribution in [0.25, 0.3) is 10.8 Å². The highest BCUT2D eigenvalue weighted by molar-refractivity contribution is 6.01. The predicted molar refractivity (Wildman–Crippen MR) is 97.9 cm³/mol. The number of benzene rings is 3. The molecule has 25 heavy (non-hydrogen) atoms. The van der Waals surface area contributed by atoms with Gasteiger partial charge in [0, 0.05) is 11.3 Å². The Morgan fingerprint density at radius 2 is 1.64 bits per heavy atom. The minimum atomic E-state index is -0.292. The highest BCUT2D eigenvalue weighted by Crippen LogP contribution is 2.16. The normalized spacial score (nSPS) is 10.3. The third-order valence-corrected chi connectivity index (χ3v) is 3.79. The number of ether oxygens (including phenoxy) is 1. The van der Waals surface area contributed by atoms with Crippen molar-refractivity contribution in [3.8, 4) is 5.75 Å². The molecule has 3 rings (SSSR count). The van der Waals surface area contributed by atoms with Crippen LogP contribution in [0, 0.1) is 0 Å². The Bertz CT molecular complexity index is 904. The van der Waals surface area contributed by atoms with Crippen LogP contribution in [0.5, 0.6) is 5.75 Å².